The standard InChI is InChI=1S/C87H146N24O29S/c1-41(2)28-52(74(126)94-46(11)70(122)103-57(36-112)71(123)92-35-65(119)107-67(44(7)8)82(134)104-58(37-113)79(131)106-60(39-115)87(139)140)102-84(136)69(47(12)116)109-80(132)59(38-114)105-83(135)68(45(9)10)108-78(130)56(32-66(120)121)101-77(129)55(31-48-34-91-40-93-48)100-73(125)50(23-27-141-13)96-75(127)53(29-42(3)4)99-76(128)54(30-43(5)6)98-72(124)49(18-14-15-24-88)97-81(133)61-19-16-25-110(61)86(138)62-20-17-26-111(62)85(137)51(21-22-63(90)117)95-64(118)33-89/h34,40-47,49-62,67-69,112-116H,14-33,35-39,88-89H2,1-13H3,(H2,90,117)(H,91,93)(H,92,123)(H,94,126)(H,95,118)(H,96,127)(H,97,133)(H,98,124)(H,99,128)(H,100,125)(H,101,129)(H,102,136)(H,103,122)(H,104,134)(H,105,135)(H,106,131)(H,107,119)(H,108,130)(H,109,132)(H,120,121)(H,139,140)/t46-,47+,49-,50-,51-,52-,53-,54-,55-,56-,57-,58-,59-,60-,61-,62-,67-,68-,69-/m0/s1. The number of nitrogens with one attached hydrogen (secondary N) is 18. The van der Waals surface area contributed by atoms with Gasteiger partial charge in [-0.3, -0.25) is 101 Å². The summed E-state index contributed by atoms with van der Waals surface area (Å²) in [6, 6.07) is -28.3. The lowest BCUT2D eigenvalue weighted by atomic mass is 9.99. The van der Waals surface area contributed by atoms with Crippen molar-refractivity contribution in [1.29, 1.82) is 0 Å². The van der Waals surface area contributed by atoms with Gasteiger partial charge >= 0.3 is 11.9 Å². The molecule has 0 spiro atoms. The van der Waals surface area contributed by atoms with E-state index in [9.17, 15) is 136 Å². The number of aromatic nitrogens is 2. The third kappa shape index (κ3) is 41.8. The number of carbonyl (C=O) groups excluding carboxylic acids is 20. The fraction of sp³-hybridized carbons (Fsp3) is 0.713. The number of hydrogen-bond acceptors (Lipinski definition) is 31. The average molecular weight is 2020 g/mol. The second kappa shape index (κ2) is 62.0. The lowest BCUT2D eigenvalue weighted by Crippen LogP contribution is -2.63. The predicted molar refractivity (Wildman–Crippen MR) is 503 cm³/mol. The van der Waals surface area contributed by atoms with Gasteiger partial charge in [-0.15, -0.1) is 0 Å². The first-order valence-electron chi connectivity index (χ1n) is 46.8. The van der Waals surface area contributed by atoms with Gasteiger partial charge in [0.05, 0.1) is 64.1 Å². The fourth-order valence-electron chi connectivity index (χ4n) is 15.0. The van der Waals surface area contributed by atoms with Crippen LogP contribution in [0, 0.1) is 29.6 Å². The number of hydrogen-bond donors (Lipinski definition) is 28. The van der Waals surface area contributed by atoms with Crippen LogP contribution in [0.15, 0.2) is 12.5 Å². The van der Waals surface area contributed by atoms with Gasteiger partial charge in [-0.1, -0.05) is 69.2 Å². The van der Waals surface area contributed by atoms with Gasteiger partial charge < -0.3 is 158 Å². The van der Waals surface area contributed by atoms with E-state index in [4.69, 9.17) is 22.3 Å². The Morgan fingerprint density at radius 3 is 1.33 bits per heavy atom. The summed E-state index contributed by atoms with van der Waals surface area (Å²) in [5.41, 5.74) is 16.9. The van der Waals surface area contributed by atoms with Gasteiger partial charge in [0.1, 0.15) is 109 Å². The number of aliphatic carboxylic acids is 2. The third-order valence-corrected chi connectivity index (χ3v) is 23.3. The summed E-state index contributed by atoms with van der Waals surface area (Å²) in [5, 5.41) is 110. The highest BCUT2D eigenvalue weighted by Crippen LogP contribution is 2.27. The molecule has 0 aromatic carbocycles. The van der Waals surface area contributed by atoms with Crippen molar-refractivity contribution in [1.82, 2.24) is 110 Å². The van der Waals surface area contributed by atoms with E-state index in [-0.39, 0.29) is 101 Å². The smallest absolute Gasteiger partial charge is 0.328 e. The van der Waals surface area contributed by atoms with E-state index in [0.717, 1.165) is 13.8 Å². The Balaban J connectivity index is 1.82. The number of likely N-dealkylation sites (tertiary alicyclic amines) is 2. The van der Waals surface area contributed by atoms with Gasteiger partial charge in [0.25, 0.3) is 0 Å². The fourth-order valence-corrected chi connectivity index (χ4v) is 15.5. The van der Waals surface area contributed by atoms with Gasteiger partial charge in [0, 0.05) is 32.1 Å². The van der Waals surface area contributed by atoms with Crippen molar-refractivity contribution in [3.63, 3.8) is 0 Å². The number of rotatable bonds is 64. The molecule has 794 valence electrons. The van der Waals surface area contributed by atoms with Crippen molar-refractivity contribution in [2.24, 2.45) is 46.8 Å². The van der Waals surface area contributed by atoms with E-state index in [0.29, 0.717) is 25.7 Å². The van der Waals surface area contributed by atoms with E-state index in [1.165, 1.54) is 61.8 Å². The first-order valence-corrected chi connectivity index (χ1v) is 48.2. The third-order valence-electron chi connectivity index (χ3n) is 22.6. The summed E-state index contributed by atoms with van der Waals surface area (Å²) in [6.45, 7) is 13.0. The van der Waals surface area contributed by atoms with E-state index < -0.39 is 315 Å². The number of nitrogens with zero attached hydrogens (tertiary/aromatic N) is 3. The van der Waals surface area contributed by atoms with E-state index in [1.54, 1.807) is 47.8 Å². The van der Waals surface area contributed by atoms with Crippen LogP contribution in [0.4, 0.5) is 0 Å². The zero-order chi connectivity index (χ0) is 107. The number of amides is 20. The van der Waals surface area contributed by atoms with Gasteiger partial charge in [0.15, 0.2) is 0 Å². The van der Waals surface area contributed by atoms with Crippen LogP contribution in [0.2, 0.25) is 0 Å². The molecule has 3 rings (SSSR count). The Labute approximate surface area is 820 Å². The average Bonchev–Trinajstić information content (AvgIpc) is 1.66. The number of aromatic amines is 1. The van der Waals surface area contributed by atoms with Crippen molar-refractivity contribution in [2.45, 2.75) is 294 Å². The quantitative estimate of drug-likeness (QED) is 0.0269. The maximum absolute atomic E-state index is 14.8. The summed E-state index contributed by atoms with van der Waals surface area (Å²) in [5.74, 6) is -25.4. The van der Waals surface area contributed by atoms with Crippen molar-refractivity contribution in [3.8, 4) is 0 Å². The molecule has 0 saturated carbocycles. The van der Waals surface area contributed by atoms with Gasteiger partial charge in [0.2, 0.25) is 118 Å². The molecule has 2 aliphatic heterocycles. The second-order valence-corrected chi connectivity index (χ2v) is 37.4. The maximum Gasteiger partial charge on any atom is 0.328 e. The number of unbranched alkanes of at least 4 members (excludes halogenated alkanes) is 1. The zero-order valence-corrected chi connectivity index (χ0v) is 82.6. The highest BCUT2D eigenvalue weighted by molar-refractivity contribution is 7.98. The Hall–Kier alpha value is -12.4. The molecule has 0 radical (unpaired) electrons. The van der Waals surface area contributed by atoms with Crippen LogP contribution in [0.25, 0.3) is 0 Å². The van der Waals surface area contributed by atoms with Crippen LogP contribution < -0.4 is 108 Å². The van der Waals surface area contributed by atoms with Crippen LogP contribution in [0.3, 0.4) is 0 Å². The molecule has 2 fully saturated rings. The molecular weight excluding hydrogens is 1880 g/mol. The number of H-pyrrole nitrogens is 1. The molecule has 2 saturated heterocycles. The molecule has 2 aliphatic rings. The van der Waals surface area contributed by atoms with Gasteiger partial charge in [-0.05, 0) is 139 Å². The molecule has 31 N–H and O–H groups in total. The number of carboxylic acids is 2. The number of thioether (sulfide) groups is 1. The van der Waals surface area contributed by atoms with E-state index in [1.807, 2.05) is 5.32 Å². The molecule has 1 aromatic rings. The molecule has 0 unspecified atom stereocenters. The summed E-state index contributed by atoms with van der Waals surface area (Å²) in [4.78, 5) is 310. The van der Waals surface area contributed by atoms with Crippen LogP contribution in [-0.2, 0) is 112 Å². The molecule has 0 bridgehead atoms. The Bertz CT molecular complexity index is 4410. The zero-order valence-electron chi connectivity index (χ0n) is 81.8. The molecule has 3 heterocycles. The predicted octanol–water partition coefficient (Wildman–Crippen LogP) is -10.7. The second-order valence-electron chi connectivity index (χ2n) is 36.5. The molecule has 1 aromatic heterocycles. The minimum Gasteiger partial charge on any atom is -0.481 e. The molecule has 141 heavy (non-hydrogen) atoms. The molecule has 54 heteroatoms. The van der Waals surface area contributed by atoms with Crippen molar-refractivity contribution < 1.29 is 141 Å². The summed E-state index contributed by atoms with van der Waals surface area (Å²) in [7, 11) is 0. The van der Waals surface area contributed by atoms with Crippen molar-refractivity contribution in [2.75, 3.05) is 71.2 Å². The molecule has 20 amide bonds. The minimum absolute atomic E-state index is 0.00705. The highest BCUT2D eigenvalue weighted by atomic mass is 32.2. The van der Waals surface area contributed by atoms with Crippen LogP contribution in [0.5, 0.6) is 0 Å². The molecular formula is C87H146N24O29S. The first-order chi connectivity index (χ1) is 66.3. The number of aliphatic hydroxyl groups is 5. The largest absolute Gasteiger partial charge is 0.481 e. The normalized spacial score (nSPS) is 17.1. The van der Waals surface area contributed by atoms with Gasteiger partial charge in [-0.2, -0.15) is 11.8 Å². The molecule has 53 nitrogen and oxygen atoms in total. The number of aliphatic hydroxyl groups excluding tert-OH is 5. The van der Waals surface area contributed by atoms with Crippen LogP contribution >= 0.6 is 11.8 Å². The summed E-state index contributed by atoms with van der Waals surface area (Å²) >= 11 is 1.26. The van der Waals surface area contributed by atoms with Crippen LogP contribution in [-0.4, -0.2) is 372 Å². The maximum atomic E-state index is 14.8. The topological polar surface area (TPSA) is 835 Å². The van der Waals surface area contributed by atoms with Crippen molar-refractivity contribution in [3.05, 3.63) is 18.2 Å². The van der Waals surface area contributed by atoms with E-state index in [2.05, 4.69) is 95.0 Å². The number of carboxylic acid groups (broad SMARTS) is 2. The number of primary amides is 1. The van der Waals surface area contributed by atoms with Gasteiger partial charge in [-0.25, -0.2) is 9.78 Å². The van der Waals surface area contributed by atoms with E-state index >= 15 is 0 Å². The monoisotopic (exact) mass is 2020 g/mol. The van der Waals surface area contributed by atoms with Crippen molar-refractivity contribution >= 4 is 142 Å². The van der Waals surface area contributed by atoms with Crippen LogP contribution in [0.1, 0.15) is 179 Å². The summed E-state index contributed by atoms with van der Waals surface area (Å²) < 4.78 is 0. The Kier molecular flexibility index (Phi) is 54.0. The minimum atomic E-state index is -2.06. The Morgan fingerprint density at radius 2 is 0.858 bits per heavy atom. The molecule has 0 aliphatic carbocycles. The number of carbonyl (C=O) groups is 22. The first kappa shape index (κ1) is 123. The lowest BCUT2D eigenvalue weighted by Gasteiger charge is -2.33. The molecule has 19 atom stereocenters. The number of imidazole rings is 1. The summed E-state index contributed by atoms with van der Waals surface area (Å²) in [6.07, 6.45) is 2.01. The number of nitrogens with two attached hydrogens (primary N) is 3. The SMILES string of the molecule is CSCC[C@H](NC(=O)[C@H](CC(C)C)NC(=O)[C@H](CC(C)C)NC(=O)[C@H](CCCCN)NC(=O)[C@@H]1CCCN1C(=O)[C@@H]1CCCN1C(=O)[C@H](CCC(N)=O)NC(=O)CN)C(=O)N[C@@H](Cc1c[nH]cn1)C(=O)N[C@@H](CC(=O)O)C(=O)N[C@H](C(=O)N[C@@H](CO)C(=O)N[C@H](C(=O)N[C@@H](CC(C)C)C(=O)N[C@@H](C)C(=O)N[C@@H](CO)C(=O)NCC(=O)N[C@H](C(=O)N[C@@H](CO)C(=O)N[C@@H](CO)C(=O)O)C(C)C)[C@@H](C)O)C(C)C. The Morgan fingerprint density at radius 1 is 0.440 bits per heavy atom. The highest BCUT2D eigenvalue weighted by Gasteiger charge is 2.46. The lowest BCUT2D eigenvalue weighted by molar-refractivity contribution is -0.148.